The summed E-state index contributed by atoms with van der Waals surface area (Å²) in [6.45, 7) is 6.31. The normalized spacial score (nSPS) is 25.4. The van der Waals surface area contributed by atoms with Gasteiger partial charge in [-0.3, -0.25) is 4.99 Å². The third-order valence-electron chi connectivity index (χ3n) is 5.58. The van der Waals surface area contributed by atoms with Crippen molar-refractivity contribution in [3.05, 3.63) is 35.9 Å². The number of guanidine groups is 1. The predicted octanol–water partition coefficient (Wildman–Crippen LogP) is 3.09. The van der Waals surface area contributed by atoms with Crippen molar-refractivity contribution < 1.29 is 9.47 Å². The third kappa shape index (κ3) is 5.33. The van der Waals surface area contributed by atoms with Crippen LogP contribution < -0.4 is 10.6 Å². The lowest BCUT2D eigenvalue weighted by Crippen LogP contribution is -2.50. The molecule has 1 atom stereocenters. The van der Waals surface area contributed by atoms with Gasteiger partial charge in [-0.1, -0.05) is 30.3 Å². The maximum atomic E-state index is 5.86. The van der Waals surface area contributed by atoms with Crippen molar-refractivity contribution in [3.63, 3.8) is 0 Å². The average molecular weight is 473 g/mol. The molecule has 0 aromatic heterocycles. The molecule has 1 aromatic rings. The third-order valence-corrected chi connectivity index (χ3v) is 5.58. The molecule has 26 heavy (non-hydrogen) atoms. The van der Waals surface area contributed by atoms with Crippen LogP contribution in [-0.2, 0) is 14.9 Å². The second-order valence-corrected chi connectivity index (χ2v) is 7.44. The van der Waals surface area contributed by atoms with Gasteiger partial charge in [-0.2, -0.15) is 0 Å². The highest BCUT2D eigenvalue weighted by Gasteiger charge is 2.35. The summed E-state index contributed by atoms with van der Waals surface area (Å²) in [7, 11) is 1.83. The van der Waals surface area contributed by atoms with Crippen LogP contribution >= 0.6 is 24.0 Å². The first-order valence-corrected chi connectivity index (χ1v) is 9.38. The lowest BCUT2D eigenvalue weighted by molar-refractivity contribution is 0.0242. The Bertz CT molecular complexity index is 568. The maximum Gasteiger partial charge on any atom is 0.191 e. The molecule has 5 nitrogen and oxygen atoms in total. The Labute approximate surface area is 174 Å². The number of aliphatic imine (C=N–C) groups is 1. The van der Waals surface area contributed by atoms with E-state index in [-0.39, 0.29) is 35.0 Å². The molecular formula is C20H32IN3O2. The minimum atomic E-state index is -0.0760. The minimum Gasteiger partial charge on any atom is -0.381 e. The first-order chi connectivity index (χ1) is 12.2. The predicted molar refractivity (Wildman–Crippen MR) is 117 cm³/mol. The summed E-state index contributed by atoms with van der Waals surface area (Å²) in [5, 5.41) is 6.99. The topological polar surface area (TPSA) is 54.9 Å². The molecule has 0 saturated carbocycles. The zero-order valence-corrected chi connectivity index (χ0v) is 18.3. The van der Waals surface area contributed by atoms with Gasteiger partial charge in [-0.05, 0) is 38.2 Å². The van der Waals surface area contributed by atoms with Crippen LogP contribution in [-0.4, -0.2) is 51.5 Å². The van der Waals surface area contributed by atoms with Crippen LogP contribution in [0.25, 0.3) is 0 Å². The molecule has 0 radical (unpaired) electrons. The van der Waals surface area contributed by atoms with Crippen molar-refractivity contribution in [2.75, 3.05) is 40.0 Å². The smallest absolute Gasteiger partial charge is 0.191 e. The molecule has 2 aliphatic heterocycles. The van der Waals surface area contributed by atoms with Crippen molar-refractivity contribution >= 4 is 29.9 Å². The Morgan fingerprint density at radius 2 is 1.73 bits per heavy atom. The van der Waals surface area contributed by atoms with E-state index in [1.807, 2.05) is 7.05 Å². The number of hydrogen-bond acceptors (Lipinski definition) is 3. The van der Waals surface area contributed by atoms with E-state index in [0.29, 0.717) is 0 Å². The lowest BCUT2D eigenvalue weighted by Gasteiger charge is -2.38. The number of halogens is 1. The van der Waals surface area contributed by atoms with Gasteiger partial charge in [0.2, 0.25) is 0 Å². The fourth-order valence-electron chi connectivity index (χ4n) is 3.84. The highest BCUT2D eigenvalue weighted by Crippen LogP contribution is 2.34. The molecule has 1 aromatic carbocycles. The van der Waals surface area contributed by atoms with Crippen LogP contribution in [0.15, 0.2) is 35.3 Å². The van der Waals surface area contributed by atoms with Crippen LogP contribution in [0.2, 0.25) is 0 Å². The fourth-order valence-corrected chi connectivity index (χ4v) is 3.84. The van der Waals surface area contributed by atoms with Gasteiger partial charge in [0.15, 0.2) is 5.96 Å². The minimum absolute atomic E-state index is 0. The molecule has 146 valence electrons. The van der Waals surface area contributed by atoms with Gasteiger partial charge in [0.25, 0.3) is 0 Å². The highest BCUT2D eigenvalue weighted by atomic mass is 127. The van der Waals surface area contributed by atoms with E-state index in [1.165, 1.54) is 5.56 Å². The Balaban J connectivity index is 0.00000243. The zero-order chi connectivity index (χ0) is 17.6. The van der Waals surface area contributed by atoms with E-state index in [0.717, 1.165) is 64.6 Å². The highest BCUT2D eigenvalue weighted by molar-refractivity contribution is 14.0. The number of ether oxygens (including phenoxy) is 2. The Kier molecular flexibility index (Phi) is 8.16. The molecule has 0 bridgehead atoms. The largest absolute Gasteiger partial charge is 0.381 e. The summed E-state index contributed by atoms with van der Waals surface area (Å²) in [6.07, 6.45) is 4.30. The summed E-state index contributed by atoms with van der Waals surface area (Å²) in [5.41, 5.74) is 1.41. The van der Waals surface area contributed by atoms with Gasteiger partial charge in [0.05, 0.1) is 5.60 Å². The van der Waals surface area contributed by atoms with Crippen molar-refractivity contribution in [2.45, 2.75) is 43.6 Å². The van der Waals surface area contributed by atoms with E-state index in [9.17, 15) is 0 Å². The summed E-state index contributed by atoms with van der Waals surface area (Å²) < 4.78 is 11.5. The molecule has 0 amide bonds. The van der Waals surface area contributed by atoms with Gasteiger partial charge >= 0.3 is 0 Å². The zero-order valence-electron chi connectivity index (χ0n) is 15.9. The lowest BCUT2D eigenvalue weighted by atomic mass is 9.74. The number of nitrogens with one attached hydrogen (secondary N) is 2. The number of nitrogens with zero attached hydrogens (tertiary/aromatic N) is 1. The van der Waals surface area contributed by atoms with Gasteiger partial charge < -0.3 is 20.1 Å². The van der Waals surface area contributed by atoms with Crippen LogP contribution in [0.5, 0.6) is 0 Å². The van der Waals surface area contributed by atoms with Gasteiger partial charge in [0, 0.05) is 45.4 Å². The molecule has 2 aliphatic rings. The van der Waals surface area contributed by atoms with Crippen LogP contribution in [0.1, 0.15) is 38.2 Å². The summed E-state index contributed by atoms with van der Waals surface area (Å²) in [5.74, 6) is 0.846. The van der Waals surface area contributed by atoms with E-state index in [4.69, 9.17) is 9.47 Å². The Morgan fingerprint density at radius 3 is 2.35 bits per heavy atom. The average Bonchev–Trinajstić information content (AvgIpc) is 3.10. The van der Waals surface area contributed by atoms with E-state index >= 15 is 0 Å². The summed E-state index contributed by atoms with van der Waals surface area (Å²) in [4.78, 5) is 4.40. The molecule has 2 N–H and O–H groups in total. The standard InChI is InChI=1S/C20H31N3O2.HI/c1-19(9-6-12-25-19)15-22-18(21-2)23-16-20(10-13-24-14-11-20)17-7-4-3-5-8-17;/h3-5,7-8H,6,9-16H2,1-2H3,(H2,21,22,23);1H. The number of hydrogen-bond donors (Lipinski definition) is 2. The van der Waals surface area contributed by atoms with Crippen molar-refractivity contribution in [2.24, 2.45) is 4.99 Å². The first kappa shape index (κ1) is 21.4. The van der Waals surface area contributed by atoms with E-state index in [2.05, 4.69) is 52.9 Å². The molecule has 0 spiro atoms. The first-order valence-electron chi connectivity index (χ1n) is 9.38. The van der Waals surface area contributed by atoms with Crippen molar-refractivity contribution in [1.29, 1.82) is 0 Å². The van der Waals surface area contributed by atoms with E-state index < -0.39 is 0 Å². The van der Waals surface area contributed by atoms with Gasteiger partial charge in [-0.15, -0.1) is 24.0 Å². The molecular weight excluding hydrogens is 441 g/mol. The molecule has 1 unspecified atom stereocenters. The van der Waals surface area contributed by atoms with E-state index in [1.54, 1.807) is 0 Å². The van der Waals surface area contributed by atoms with Gasteiger partial charge in [0.1, 0.15) is 0 Å². The van der Waals surface area contributed by atoms with Crippen molar-refractivity contribution in [1.82, 2.24) is 10.6 Å². The second kappa shape index (κ2) is 9.90. The van der Waals surface area contributed by atoms with Crippen molar-refractivity contribution in [3.8, 4) is 0 Å². The monoisotopic (exact) mass is 473 g/mol. The van der Waals surface area contributed by atoms with Gasteiger partial charge in [-0.25, -0.2) is 0 Å². The molecule has 3 rings (SSSR count). The fraction of sp³-hybridized carbons (Fsp3) is 0.650. The maximum absolute atomic E-state index is 5.86. The second-order valence-electron chi connectivity index (χ2n) is 7.44. The summed E-state index contributed by atoms with van der Waals surface area (Å²) in [6, 6.07) is 10.8. The Hall–Kier alpha value is -0.860. The molecule has 2 saturated heterocycles. The Morgan fingerprint density at radius 1 is 1.04 bits per heavy atom. The van der Waals surface area contributed by atoms with Crippen LogP contribution in [0.3, 0.4) is 0 Å². The molecule has 2 heterocycles. The quantitative estimate of drug-likeness (QED) is 0.392. The van der Waals surface area contributed by atoms with Crippen LogP contribution in [0.4, 0.5) is 0 Å². The summed E-state index contributed by atoms with van der Waals surface area (Å²) >= 11 is 0. The molecule has 6 heteroatoms. The molecule has 0 aliphatic carbocycles. The SMILES string of the molecule is CN=C(NCC1(C)CCCO1)NCC1(c2ccccc2)CCOCC1.I. The molecule has 2 fully saturated rings. The number of benzene rings is 1. The number of rotatable bonds is 5. The van der Waals surface area contributed by atoms with Crippen LogP contribution in [0, 0.1) is 0 Å².